The lowest BCUT2D eigenvalue weighted by Gasteiger charge is -2.18. The molecule has 0 saturated heterocycles. The van der Waals surface area contributed by atoms with Crippen molar-refractivity contribution in [2.45, 2.75) is 26.4 Å². The van der Waals surface area contributed by atoms with Gasteiger partial charge in [0.25, 0.3) is 0 Å². The van der Waals surface area contributed by atoms with Gasteiger partial charge in [-0.1, -0.05) is 18.2 Å². The number of para-hydroxylation sites is 1. The van der Waals surface area contributed by atoms with E-state index in [0.29, 0.717) is 5.69 Å². The first-order valence-corrected chi connectivity index (χ1v) is 5.27. The number of rotatable bonds is 1. The number of esters is 1. The van der Waals surface area contributed by atoms with Gasteiger partial charge in [-0.05, 0) is 32.9 Å². The zero-order valence-corrected chi connectivity index (χ0v) is 9.70. The van der Waals surface area contributed by atoms with Crippen molar-refractivity contribution in [1.29, 1.82) is 0 Å². The van der Waals surface area contributed by atoms with Crippen LogP contribution in [0.1, 0.15) is 31.3 Å². The molecule has 3 heteroatoms. The third kappa shape index (κ3) is 2.24. The summed E-state index contributed by atoms with van der Waals surface area (Å²) >= 11 is 0. The van der Waals surface area contributed by atoms with Gasteiger partial charge in [-0.15, -0.1) is 0 Å². The summed E-state index contributed by atoms with van der Waals surface area (Å²) in [5.74, 6) is -0.316. The molecule has 0 aliphatic carbocycles. The van der Waals surface area contributed by atoms with Gasteiger partial charge in [0.05, 0.1) is 0 Å². The van der Waals surface area contributed by atoms with Crippen molar-refractivity contribution >= 4 is 16.9 Å². The normalized spacial score (nSPS) is 11.7. The number of H-pyrrole nitrogens is 1. The van der Waals surface area contributed by atoms with Crippen molar-refractivity contribution in [1.82, 2.24) is 4.98 Å². The van der Waals surface area contributed by atoms with Crippen LogP contribution < -0.4 is 0 Å². The average Bonchev–Trinajstić information content (AvgIpc) is 2.58. The first-order chi connectivity index (χ1) is 7.46. The van der Waals surface area contributed by atoms with Crippen LogP contribution in [-0.4, -0.2) is 16.6 Å². The van der Waals surface area contributed by atoms with Gasteiger partial charge >= 0.3 is 5.97 Å². The topological polar surface area (TPSA) is 42.1 Å². The fraction of sp³-hybridized carbons (Fsp3) is 0.308. The first-order valence-electron chi connectivity index (χ1n) is 5.27. The highest BCUT2D eigenvalue weighted by Crippen LogP contribution is 2.17. The van der Waals surface area contributed by atoms with Crippen LogP contribution in [0.3, 0.4) is 0 Å². The number of nitrogens with one attached hydrogen (secondary N) is 1. The van der Waals surface area contributed by atoms with Crippen molar-refractivity contribution in [3.05, 3.63) is 36.0 Å². The molecule has 16 heavy (non-hydrogen) atoms. The maximum absolute atomic E-state index is 11.8. The Balaban J connectivity index is 2.30. The van der Waals surface area contributed by atoms with E-state index in [9.17, 15) is 4.79 Å². The lowest BCUT2D eigenvalue weighted by atomic mass is 10.2. The molecule has 0 aliphatic rings. The Labute approximate surface area is 94.4 Å². The van der Waals surface area contributed by atoms with Crippen LogP contribution in [0.15, 0.2) is 30.3 Å². The molecule has 1 heterocycles. The third-order valence-corrected chi connectivity index (χ3v) is 2.15. The molecule has 0 spiro atoms. The quantitative estimate of drug-likeness (QED) is 0.746. The molecular weight excluding hydrogens is 202 g/mol. The number of carbonyl (C=O) groups is 1. The summed E-state index contributed by atoms with van der Waals surface area (Å²) in [7, 11) is 0. The van der Waals surface area contributed by atoms with E-state index in [0.717, 1.165) is 10.9 Å². The number of aromatic nitrogens is 1. The maximum Gasteiger partial charge on any atom is 0.355 e. The van der Waals surface area contributed by atoms with E-state index in [-0.39, 0.29) is 5.97 Å². The van der Waals surface area contributed by atoms with Crippen molar-refractivity contribution in [2.75, 3.05) is 0 Å². The van der Waals surface area contributed by atoms with Crippen LogP contribution in [0.5, 0.6) is 0 Å². The lowest BCUT2D eigenvalue weighted by Crippen LogP contribution is -2.24. The maximum atomic E-state index is 11.8. The van der Waals surface area contributed by atoms with Gasteiger partial charge in [-0.2, -0.15) is 0 Å². The minimum atomic E-state index is -0.464. The SMILES string of the molecule is CC(C)(C)OC(=O)c1cc2ccccc2[nH]1. The highest BCUT2D eigenvalue weighted by atomic mass is 16.6. The van der Waals surface area contributed by atoms with Gasteiger partial charge in [0.15, 0.2) is 0 Å². The molecule has 2 rings (SSSR count). The number of aromatic amines is 1. The number of hydrogen-bond acceptors (Lipinski definition) is 2. The van der Waals surface area contributed by atoms with Gasteiger partial charge in [-0.25, -0.2) is 4.79 Å². The molecule has 0 saturated carbocycles. The molecule has 2 aromatic rings. The van der Waals surface area contributed by atoms with Crippen molar-refractivity contribution in [3.63, 3.8) is 0 Å². The lowest BCUT2D eigenvalue weighted by molar-refractivity contribution is 0.00639. The van der Waals surface area contributed by atoms with E-state index < -0.39 is 5.60 Å². The van der Waals surface area contributed by atoms with E-state index >= 15 is 0 Å². The summed E-state index contributed by atoms with van der Waals surface area (Å²) in [5.41, 5.74) is 0.980. The summed E-state index contributed by atoms with van der Waals surface area (Å²) in [6, 6.07) is 9.57. The molecule has 1 aromatic carbocycles. The number of carbonyl (C=O) groups excluding carboxylic acids is 1. The Kier molecular flexibility index (Phi) is 2.46. The summed E-state index contributed by atoms with van der Waals surface area (Å²) < 4.78 is 5.28. The second kappa shape index (κ2) is 3.67. The van der Waals surface area contributed by atoms with E-state index in [1.807, 2.05) is 51.1 Å². The summed E-state index contributed by atoms with van der Waals surface area (Å²) in [5, 5.41) is 1.02. The molecular formula is C13H15NO2. The van der Waals surface area contributed by atoms with Crippen molar-refractivity contribution in [3.8, 4) is 0 Å². The molecule has 0 amide bonds. The number of benzene rings is 1. The van der Waals surface area contributed by atoms with E-state index in [1.54, 1.807) is 0 Å². The standard InChI is InChI=1S/C13H15NO2/c1-13(2,3)16-12(15)11-8-9-6-4-5-7-10(9)14-11/h4-8,14H,1-3H3. The molecule has 84 valence electrons. The smallest absolute Gasteiger partial charge is 0.355 e. The fourth-order valence-corrected chi connectivity index (χ4v) is 1.52. The molecule has 1 N–H and O–H groups in total. The molecule has 1 aromatic heterocycles. The van der Waals surface area contributed by atoms with Crippen LogP contribution in [0.25, 0.3) is 10.9 Å². The Morgan fingerprint density at radius 3 is 2.56 bits per heavy atom. The molecule has 0 aliphatic heterocycles. The predicted octanol–water partition coefficient (Wildman–Crippen LogP) is 3.12. The van der Waals surface area contributed by atoms with Gasteiger partial charge < -0.3 is 9.72 Å². The summed E-state index contributed by atoms with van der Waals surface area (Å²) in [6.45, 7) is 5.56. The molecule has 3 nitrogen and oxygen atoms in total. The second-order valence-corrected chi connectivity index (χ2v) is 4.77. The minimum Gasteiger partial charge on any atom is -0.455 e. The Morgan fingerprint density at radius 1 is 1.25 bits per heavy atom. The highest BCUT2D eigenvalue weighted by Gasteiger charge is 2.19. The monoisotopic (exact) mass is 217 g/mol. The number of hydrogen-bond donors (Lipinski definition) is 1. The number of ether oxygens (including phenoxy) is 1. The summed E-state index contributed by atoms with van der Waals surface area (Å²) in [6.07, 6.45) is 0. The van der Waals surface area contributed by atoms with Gasteiger partial charge in [0.2, 0.25) is 0 Å². The van der Waals surface area contributed by atoms with Gasteiger partial charge in [0, 0.05) is 10.9 Å². The molecule has 0 atom stereocenters. The van der Waals surface area contributed by atoms with Crippen LogP contribution in [0.2, 0.25) is 0 Å². The van der Waals surface area contributed by atoms with Gasteiger partial charge in [-0.3, -0.25) is 0 Å². The molecule has 0 radical (unpaired) electrons. The highest BCUT2D eigenvalue weighted by molar-refractivity contribution is 5.94. The Bertz CT molecular complexity index is 487. The third-order valence-electron chi connectivity index (χ3n) is 2.15. The van der Waals surface area contributed by atoms with Crippen LogP contribution >= 0.6 is 0 Å². The van der Waals surface area contributed by atoms with Crippen LogP contribution in [0.4, 0.5) is 0 Å². The largest absolute Gasteiger partial charge is 0.455 e. The molecule has 0 bridgehead atoms. The average molecular weight is 217 g/mol. The van der Waals surface area contributed by atoms with E-state index in [2.05, 4.69) is 4.98 Å². The summed E-state index contributed by atoms with van der Waals surface area (Å²) in [4.78, 5) is 14.8. The Hall–Kier alpha value is -1.77. The molecule has 0 unspecified atom stereocenters. The van der Waals surface area contributed by atoms with Crippen molar-refractivity contribution < 1.29 is 9.53 Å². The fourth-order valence-electron chi connectivity index (χ4n) is 1.52. The zero-order valence-electron chi connectivity index (χ0n) is 9.70. The van der Waals surface area contributed by atoms with Crippen LogP contribution in [-0.2, 0) is 4.74 Å². The van der Waals surface area contributed by atoms with E-state index in [1.165, 1.54) is 0 Å². The van der Waals surface area contributed by atoms with E-state index in [4.69, 9.17) is 4.74 Å². The predicted molar refractivity (Wildman–Crippen MR) is 63.5 cm³/mol. The van der Waals surface area contributed by atoms with Crippen molar-refractivity contribution in [2.24, 2.45) is 0 Å². The zero-order chi connectivity index (χ0) is 11.8. The van der Waals surface area contributed by atoms with Gasteiger partial charge in [0.1, 0.15) is 11.3 Å². The number of fused-ring (bicyclic) bond motifs is 1. The molecule has 0 fully saturated rings. The van der Waals surface area contributed by atoms with Crippen LogP contribution in [0, 0.1) is 0 Å². The Morgan fingerprint density at radius 2 is 1.94 bits per heavy atom. The minimum absolute atomic E-state index is 0.316. The first kappa shape index (κ1) is 10.7. The second-order valence-electron chi connectivity index (χ2n) is 4.77.